The van der Waals surface area contributed by atoms with Crippen LogP contribution in [-0.2, 0) is 32.5 Å². The van der Waals surface area contributed by atoms with Crippen LogP contribution in [0.15, 0.2) is 77.7 Å². The summed E-state index contributed by atoms with van der Waals surface area (Å²) in [7, 11) is -4.01. The van der Waals surface area contributed by atoms with Crippen LogP contribution in [0.4, 0.5) is 11.4 Å². The van der Waals surface area contributed by atoms with E-state index in [1.54, 1.807) is 17.0 Å². The first kappa shape index (κ1) is 25.6. The Morgan fingerprint density at radius 2 is 1.67 bits per heavy atom. The summed E-state index contributed by atoms with van der Waals surface area (Å²) in [6.07, 6.45) is 0.775. The zero-order chi connectivity index (χ0) is 25.9. The minimum absolute atomic E-state index is 0.0683. The maximum atomic E-state index is 13.4. The van der Waals surface area contributed by atoms with Gasteiger partial charge in [-0.05, 0) is 65.8 Å². The number of carbonyl (C=O) groups is 2. The molecule has 36 heavy (non-hydrogen) atoms. The first-order chi connectivity index (χ1) is 17.1. The van der Waals surface area contributed by atoms with Crippen molar-refractivity contribution in [1.82, 2.24) is 4.72 Å². The molecule has 0 fully saturated rings. The van der Waals surface area contributed by atoms with Gasteiger partial charge in [0.2, 0.25) is 21.8 Å². The zero-order valence-corrected chi connectivity index (χ0v) is 21.5. The van der Waals surface area contributed by atoms with Gasteiger partial charge >= 0.3 is 0 Å². The fraction of sp³-hybridized carbons (Fsp3) is 0.286. The summed E-state index contributed by atoms with van der Waals surface area (Å²) in [5, 5.41) is 2.85. The van der Waals surface area contributed by atoms with Gasteiger partial charge in [0.05, 0.1) is 4.90 Å². The third-order valence-electron chi connectivity index (χ3n) is 6.38. The topological polar surface area (TPSA) is 95.6 Å². The summed E-state index contributed by atoms with van der Waals surface area (Å²) < 4.78 is 29.3. The van der Waals surface area contributed by atoms with E-state index in [4.69, 9.17) is 0 Å². The Balaban J connectivity index is 1.57. The van der Waals surface area contributed by atoms with E-state index in [9.17, 15) is 18.0 Å². The van der Waals surface area contributed by atoms with Gasteiger partial charge in [-0.1, -0.05) is 56.3 Å². The van der Waals surface area contributed by atoms with Crippen molar-refractivity contribution in [2.45, 2.75) is 50.5 Å². The molecular weight excluding hydrogens is 474 g/mol. The molecule has 0 saturated carbocycles. The zero-order valence-electron chi connectivity index (χ0n) is 20.7. The van der Waals surface area contributed by atoms with Gasteiger partial charge in [0, 0.05) is 24.8 Å². The molecule has 1 atom stereocenters. The molecule has 0 aliphatic carbocycles. The Hall–Kier alpha value is -3.49. The van der Waals surface area contributed by atoms with Gasteiger partial charge in [-0.2, -0.15) is 4.72 Å². The summed E-state index contributed by atoms with van der Waals surface area (Å²) >= 11 is 0. The molecule has 1 aliphatic rings. The monoisotopic (exact) mass is 505 g/mol. The molecule has 188 valence electrons. The highest BCUT2D eigenvalue weighted by atomic mass is 32.2. The highest BCUT2D eigenvalue weighted by molar-refractivity contribution is 7.89. The second kappa shape index (κ2) is 10.6. The summed E-state index contributed by atoms with van der Waals surface area (Å²) in [6.45, 7) is 6.20. The van der Waals surface area contributed by atoms with E-state index in [-0.39, 0.29) is 17.2 Å². The second-order valence-corrected chi connectivity index (χ2v) is 11.1. The number of amides is 2. The van der Waals surface area contributed by atoms with E-state index >= 15 is 0 Å². The van der Waals surface area contributed by atoms with Gasteiger partial charge in [-0.25, -0.2) is 8.42 Å². The lowest BCUT2D eigenvalue weighted by molar-refractivity contribution is -0.118. The standard InChI is InChI=1S/C28H31N3O4S/c1-19(2)22-9-11-24(12-10-22)29-28(33)26(17-21-7-5-4-6-8-21)30-36(34,35)25-13-14-27-23(18-25)15-16-31(27)20(3)32/h4-14,18-19,26,30H,15-17H2,1-3H3,(H,29,33)/t26-/m1/s1. The molecule has 3 aromatic carbocycles. The highest BCUT2D eigenvalue weighted by Crippen LogP contribution is 2.30. The molecular formula is C28H31N3O4S. The van der Waals surface area contributed by atoms with Crippen LogP contribution in [0.2, 0.25) is 0 Å². The Morgan fingerprint density at radius 1 is 0.972 bits per heavy atom. The SMILES string of the molecule is CC(=O)N1CCc2cc(S(=O)(=O)N[C@H](Cc3ccccc3)C(=O)Nc3ccc(C(C)C)cc3)ccc21. The van der Waals surface area contributed by atoms with Crippen LogP contribution in [-0.4, -0.2) is 32.8 Å². The minimum Gasteiger partial charge on any atom is -0.325 e. The van der Waals surface area contributed by atoms with Gasteiger partial charge in [-0.15, -0.1) is 0 Å². The lowest BCUT2D eigenvalue weighted by atomic mass is 10.0. The number of benzene rings is 3. The van der Waals surface area contributed by atoms with Gasteiger partial charge in [0.1, 0.15) is 6.04 Å². The molecule has 2 amide bonds. The van der Waals surface area contributed by atoms with Crippen molar-refractivity contribution in [1.29, 1.82) is 0 Å². The summed E-state index contributed by atoms with van der Waals surface area (Å²) in [4.78, 5) is 26.8. The van der Waals surface area contributed by atoms with E-state index in [0.717, 1.165) is 22.4 Å². The quantitative estimate of drug-likeness (QED) is 0.479. The lowest BCUT2D eigenvalue weighted by Gasteiger charge is -2.20. The maximum absolute atomic E-state index is 13.4. The van der Waals surface area contributed by atoms with Crippen molar-refractivity contribution in [2.75, 3.05) is 16.8 Å². The molecule has 1 aliphatic heterocycles. The van der Waals surface area contributed by atoms with Crippen LogP contribution in [0.1, 0.15) is 43.4 Å². The molecule has 4 rings (SSSR count). The van der Waals surface area contributed by atoms with E-state index < -0.39 is 22.0 Å². The van der Waals surface area contributed by atoms with E-state index in [2.05, 4.69) is 23.9 Å². The highest BCUT2D eigenvalue weighted by Gasteiger charge is 2.29. The van der Waals surface area contributed by atoms with Gasteiger partial charge in [0.25, 0.3) is 0 Å². The van der Waals surface area contributed by atoms with Crippen LogP contribution in [0.5, 0.6) is 0 Å². The number of nitrogens with zero attached hydrogens (tertiary/aromatic N) is 1. The Bertz CT molecular complexity index is 1350. The average molecular weight is 506 g/mol. The number of nitrogens with one attached hydrogen (secondary N) is 2. The van der Waals surface area contributed by atoms with Crippen molar-refractivity contribution in [3.63, 3.8) is 0 Å². The third-order valence-corrected chi connectivity index (χ3v) is 7.85. The number of fused-ring (bicyclic) bond motifs is 1. The van der Waals surface area contributed by atoms with Crippen molar-refractivity contribution in [3.05, 3.63) is 89.5 Å². The van der Waals surface area contributed by atoms with Crippen LogP contribution >= 0.6 is 0 Å². The molecule has 2 N–H and O–H groups in total. The van der Waals surface area contributed by atoms with Crippen molar-refractivity contribution in [2.24, 2.45) is 0 Å². The Morgan fingerprint density at radius 3 is 2.31 bits per heavy atom. The number of anilines is 2. The summed E-state index contributed by atoms with van der Waals surface area (Å²) in [5.41, 5.74) is 4.10. The van der Waals surface area contributed by atoms with E-state index in [1.807, 2.05) is 54.6 Å². The van der Waals surface area contributed by atoms with E-state index in [0.29, 0.717) is 24.6 Å². The van der Waals surface area contributed by atoms with Crippen LogP contribution < -0.4 is 14.9 Å². The van der Waals surface area contributed by atoms with Gasteiger partial charge < -0.3 is 10.2 Å². The molecule has 1 heterocycles. The number of sulfonamides is 1. The lowest BCUT2D eigenvalue weighted by Crippen LogP contribution is -2.45. The third kappa shape index (κ3) is 5.83. The van der Waals surface area contributed by atoms with Crippen molar-refractivity contribution >= 4 is 33.2 Å². The van der Waals surface area contributed by atoms with Crippen LogP contribution in [0.3, 0.4) is 0 Å². The maximum Gasteiger partial charge on any atom is 0.242 e. The molecule has 0 saturated heterocycles. The molecule has 0 unspecified atom stereocenters. The molecule has 0 radical (unpaired) electrons. The summed E-state index contributed by atoms with van der Waals surface area (Å²) in [6, 6.07) is 20.5. The smallest absolute Gasteiger partial charge is 0.242 e. The normalized spacial score (nSPS) is 13.9. The number of rotatable bonds is 8. The number of hydrogen-bond donors (Lipinski definition) is 2. The predicted molar refractivity (Wildman–Crippen MR) is 142 cm³/mol. The first-order valence-corrected chi connectivity index (χ1v) is 13.5. The molecule has 0 spiro atoms. The van der Waals surface area contributed by atoms with Crippen LogP contribution in [0.25, 0.3) is 0 Å². The van der Waals surface area contributed by atoms with Crippen molar-refractivity contribution in [3.8, 4) is 0 Å². The molecule has 0 bridgehead atoms. The largest absolute Gasteiger partial charge is 0.325 e. The molecule has 0 aromatic heterocycles. The number of carbonyl (C=O) groups excluding carboxylic acids is 2. The fourth-order valence-electron chi connectivity index (χ4n) is 4.35. The molecule has 8 heteroatoms. The van der Waals surface area contributed by atoms with E-state index in [1.165, 1.54) is 13.0 Å². The first-order valence-electron chi connectivity index (χ1n) is 12.0. The van der Waals surface area contributed by atoms with Crippen molar-refractivity contribution < 1.29 is 18.0 Å². The molecule has 3 aromatic rings. The van der Waals surface area contributed by atoms with Crippen LogP contribution in [0, 0.1) is 0 Å². The van der Waals surface area contributed by atoms with Gasteiger partial charge in [0.15, 0.2) is 0 Å². The second-order valence-electron chi connectivity index (χ2n) is 9.34. The Labute approximate surface area is 212 Å². The minimum atomic E-state index is -4.01. The molecule has 7 nitrogen and oxygen atoms in total. The van der Waals surface area contributed by atoms with Gasteiger partial charge in [-0.3, -0.25) is 9.59 Å². The predicted octanol–water partition coefficient (Wildman–Crippen LogP) is 4.25. The number of hydrogen-bond acceptors (Lipinski definition) is 4. The summed E-state index contributed by atoms with van der Waals surface area (Å²) in [5.74, 6) is -0.158. The Kier molecular flexibility index (Phi) is 7.56. The fourth-order valence-corrected chi connectivity index (χ4v) is 5.59. The average Bonchev–Trinajstić information content (AvgIpc) is 3.28.